The van der Waals surface area contributed by atoms with Gasteiger partial charge in [-0.25, -0.2) is 0 Å². The summed E-state index contributed by atoms with van der Waals surface area (Å²) in [6, 6.07) is 10.4. The maximum atomic E-state index is 13.0. The fourth-order valence-corrected chi connectivity index (χ4v) is 3.76. The number of hydrogen-bond acceptors (Lipinski definition) is 3. The molecule has 0 aliphatic heterocycles. The topological polar surface area (TPSA) is 57.5 Å². The Labute approximate surface area is 169 Å². The Morgan fingerprint density at radius 3 is 1.58 bits per heavy atom. The molecule has 3 nitrogen and oxygen atoms in total. The number of carbonyl (C=O) groups is 1. The molecule has 0 amide bonds. The summed E-state index contributed by atoms with van der Waals surface area (Å²) in [5, 5.41) is 19.3. The molecule has 0 aromatic heterocycles. The molecule has 0 saturated heterocycles. The van der Waals surface area contributed by atoms with E-state index in [-0.39, 0.29) is 17.3 Å². The van der Waals surface area contributed by atoms with E-state index in [1.165, 1.54) is 0 Å². The summed E-state index contributed by atoms with van der Waals surface area (Å²) in [6.45, 7) is 0. The average molecular weight is 478 g/mol. The number of Topliss-reactive ketones (excluding diaryl/α,β-unsaturated/α-hetero) is 1. The highest BCUT2D eigenvalue weighted by Gasteiger charge is 2.19. The van der Waals surface area contributed by atoms with E-state index >= 15 is 0 Å². The number of phenolic OH excluding ortho intramolecular Hbond substituents is 2. The van der Waals surface area contributed by atoms with Gasteiger partial charge in [0.1, 0.15) is 11.5 Å². The van der Waals surface area contributed by atoms with Crippen molar-refractivity contribution in [3.05, 3.63) is 67.6 Å². The van der Waals surface area contributed by atoms with Gasteiger partial charge in [-0.05, 0) is 105 Å². The molecule has 2 N–H and O–H groups in total. The van der Waals surface area contributed by atoms with Crippen molar-refractivity contribution in [2.24, 2.45) is 0 Å². The van der Waals surface area contributed by atoms with Gasteiger partial charge in [0.2, 0.25) is 0 Å². The molecule has 0 spiro atoms. The molecule has 1 fully saturated rings. The van der Waals surface area contributed by atoms with Crippen LogP contribution in [0.25, 0.3) is 12.2 Å². The summed E-state index contributed by atoms with van der Waals surface area (Å²) in [5.41, 5.74) is 3.33. The third-order valence-corrected chi connectivity index (χ3v) is 5.62. The molecule has 2 aromatic carbocycles. The summed E-state index contributed by atoms with van der Waals surface area (Å²) < 4.78 is 1.22. The lowest BCUT2D eigenvalue weighted by molar-refractivity contribution is -0.112. The van der Waals surface area contributed by atoms with Crippen LogP contribution in [0, 0.1) is 0 Å². The molecule has 5 heteroatoms. The van der Waals surface area contributed by atoms with Crippen LogP contribution >= 0.6 is 31.9 Å². The fraction of sp³-hybridized carbons (Fsp3) is 0.190. The van der Waals surface area contributed by atoms with Crippen LogP contribution in [-0.2, 0) is 4.79 Å². The predicted molar refractivity (Wildman–Crippen MR) is 111 cm³/mol. The largest absolute Gasteiger partial charge is 0.507 e. The monoisotopic (exact) mass is 476 g/mol. The number of aromatic hydroxyl groups is 2. The maximum absolute atomic E-state index is 13.0. The quantitative estimate of drug-likeness (QED) is 0.398. The first-order valence-corrected chi connectivity index (χ1v) is 9.95. The molecule has 0 radical (unpaired) electrons. The first-order valence-electron chi connectivity index (χ1n) is 8.37. The number of allylic oxidation sites excluding steroid dienone is 2. The zero-order valence-corrected chi connectivity index (χ0v) is 17.2. The minimum Gasteiger partial charge on any atom is -0.507 e. The highest BCUT2D eigenvalue weighted by Crippen LogP contribution is 2.31. The Hall–Kier alpha value is -1.85. The maximum Gasteiger partial charge on any atom is 0.185 e. The number of hydrogen-bond donors (Lipinski definition) is 2. The van der Waals surface area contributed by atoms with Gasteiger partial charge >= 0.3 is 0 Å². The van der Waals surface area contributed by atoms with E-state index in [1.54, 1.807) is 36.4 Å². The lowest BCUT2D eigenvalue weighted by atomic mass is 9.98. The molecule has 0 heterocycles. The van der Waals surface area contributed by atoms with Gasteiger partial charge in [-0.3, -0.25) is 4.79 Å². The van der Waals surface area contributed by atoms with Gasteiger partial charge in [0.05, 0.1) is 8.95 Å². The molecule has 1 saturated carbocycles. The Balaban J connectivity index is 1.94. The van der Waals surface area contributed by atoms with Crippen LogP contribution in [0.2, 0.25) is 0 Å². The highest BCUT2D eigenvalue weighted by atomic mass is 79.9. The molecule has 134 valence electrons. The summed E-state index contributed by atoms with van der Waals surface area (Å²) in [6.07, 6.45) is 7.22. The van der Waals surface area contributed by atoms with Crippen LogP contribution < -0.4 is 0 Å². The molecular formula is C21H18Br2O3. The summed E-state index contributed by atoms with van der Waals surface area (Å²) in [7, 11) is 0. The third kappa shape index (κ3) is 4.46. The van der Waals surface area contributed by atoms with Crippen molar-refractivity contribution in [3.63, 3.8) is 0 Å². The van der Waals surface area contributed by atoms with Crippen LogP contribution in [0.15, 0.2) is 56.5 Å². The van der Waals surface area contributed by atoms with Crippen molar-refractivity contribution < 1.29 is 15.0 Å². The second kappa shape index (κ2) is 8.23. The van der Waals surface area contributed by atoms with Crippen LogP contribution in [0.3, 0.4) is 0 Å². The van der Waals surface area contributed by atoms with E-state index in [4.69, 9.17) is 0 Å². The second-order valence-corrected chi connectivity index (χ2v) is 8.01. The normalized spacial score (nSPS) is 18.3. The second-order valence-electron chi connectivity index (χ2n) is 6.30. The van der Waals surface area contributed by atoms with E-state index < -0.39 is 0 Å². The summed E-state index contributed by atoms with van der Waals surface area (Å²) in [5.74, 6) is 0.423. The van der Waals surface area contributed by atoms with E-state index in [2.05, 4.69) is 31.9 Å². The number of halogens is 2. The van der Waals surface area contributed by atoms with Crippen LogP contribution in [0.1, 0.15) is 36.8 Å². The summed E-state index contributed by atoms with van der Waals surface area (Å²) in [4.78, 5) is 13.0. The van der Waals surface area contributed by atoms with Crippen molar-refractivity contribution in [1.29, 1.82) is 0 Å². The molecular weight excluding hydrogens is 460 g/mol. The first-order chi connectivity index (χ1) is 12.4. The van der Waals surface area contributed by atoms with Crippen molar-refractivity contribution in [2.75, 3.05) is 0 Å². The number of ketones is 1. The Morgan fingerprint density at radius 2 is 1.19 bits per heavy atom. The van der Waals surface area contributed by atoms with E-state index in [9.17, 15) is 15.0 Å². The smallest absolute Gasteiger partial charge is 0.185 e. The van der Waals surface area contributed by atoms with Gasteiger partial charge in [-0.2, -0.15) is 0 Å². The third-order valence-electron chi connectivity index (χ3n) is 4.35. The van der Waals surface area contributed by atoms with Crippen LogP contribution in [0.5, 0.6) is 11.5 Å². The van der Waals surface area contributed by atoms with E-state index in [1.807, 2.05) is 12.2 Å². The minimum atomic E-state index is 0.0656. The highest BCUT2D eigenvalue weighted by molar-refractivity contribution is 9.10. The molecule has 26 heavy (non-hydrogen) atoms. The lowest BCUT2D eigenvalue weighted by Gasteiger charge is -2.07. The van der Waals surface area contributed by atoms with Gasteiger partial charge in [-0.15, -0.1) is 0 Å². The fourth-order valence-electron chi connectivity index (χ4n) is 2.97. The molecule has 0 bridgehead atoms. The number of carbonyl (C=O) groups excluding carboxylic acids is 1. The number of phenols is 2. The van der Waals surface area contributed by atoms with Crippen molar-refractivity contribution in [3.8, 4) is 11.5 Å². The SMILES string of the molecule is O=C1/C(=C/c2ccc(O)c(Br)c2)CCCC/C1=C\c1ccc(O)c(Br)c1. The molecule has 0 unspecified atom stereocenters. The number of benzene rings is 2. The Kier molecular flexibility index (Phi) is 5.99. The molecule has 2 aromatic rings. The molecule has 1 aliphatic carbocycles. The van der Waals surface area contributed by atoms with Gasteiger partial charge in [0.15, 0.2) is 5.78 Å². The zero-order chi connectivity index (χ0) is 18.7. The first kappa shape index (κ1) is 18.9. The standard InChI is InChI=1S/C21H18Br2O3/c22-17-11-13(5-7-19(17)24)9-15-3-1-2-4-16(21(15)26)10-14-6-8-20(25)18(23)12-14/h5-12,24-25H,1-4H2/b15-9+,16-10+. The van der Waals surface area contributed by atoms with Gasteiger partial charge in [0.25, 0.3) is 0 Å². The van der Waals surface area contributed by atoms with E-state index in [0.29, 0.717) is 8.95 Å². The van der Waals surface area contributed by atoms with Crippen molar-refractivity contribution >= 4 is 49.8 Å². The van der Waals surface area contributed by atoms with Crippen molar-refractivity contribution in [2.45, 2.75) is 25.7 Å². The van der Waals surface area contributed by atoms with Crippen LogP contribution in [0.4, 0.5) is 0 Å². The van der Waals surface area contributed by atoms with Crippen molar-refractivity contribution in [1.82, 2.24) is 0 Å². The van der Waals surface area contributed by atoms with Crippen LogP contribution in [-0.4, -0.2) is 16.0 Å². The molecule has 1 aliphatic rings. The Bertz CT molecular complexity index is 840. The minimum absolute atomic E-state index is 0.0656. The number of rotatable bonds is 2. The van der Waals surface area contributed by atoms with E-state index in [0.717, 1.165) is 48.0 Å². The zero-order valence-electron chi connectivity index (χ0n) is 14.0. The predicted octanol–water partition coefficient (Wildman–Crippen LogP) is 6.23. The Morgan fingerprint density at radius 1 is 0.769 bits per heavy atom. The van der Waals surface area contributed by atoms with Gasteiger partial charge < -0.3 is 10.2 Å². The van der Waals surface area contributed by atoms with Gasteiger partial charge in [-0.1, -0.05) is 12.1 Å². The lowest BCUT2D eigenvalue weighted by Crippen LogP contribution is -2.04. The average Bonchev–Trinajstić information content (AvgIpc) is 2.77. The van der Waals surface area contributed by atoms with Gasteiger partial charge in [0, 0.05) is 11.1 Å². The molecule has 3 rings (SSSR count). The molecule has 0 atom stereocenters. The summed E-state index contributed by atoms with van der Waals surface area (Å²) >= 11 is 6.62.